The van der Waals surface area contributed by atoms with Crippen molar-refractivity contribution in [1.82, 2.24) is 0 Å². The van der Waals surface area contributed by atoms with Gasteiger partial charge in [-0.15, -0.1) is 0 Å². The first-order chi connectivity index (χ1) is 8.08. The average Bonchev–Trinajstić information content (AvgIpc) is 2.33. The Hall–Kier alpha value is -0.540. The molecule has 112 valence electrons. The van der Waals surface area contributed by atoms with E-state index in [9.17, 15) is 0 Å². The summed E-state index contributed by atoms with van der Waals surface area (Å²) in [6.45, 7) is 9.30. The highest BCUT2D eigenvalue weighted by molar-refractivity contribution is 4.86. The largest absolute Gasteiger partial charge is 0.513 e. The highest BCUT2D eigenvalue weighted by atomic mass is 16.3. The van der Waals surface area contributed by atoms with Crippen LogP contribution in [0.15, 0.2) is 11.8 Å². The Bertz CT molecular complexity index is 166. The van der Waals surface area contributed by atoms with E-state index in [1.54, 1.807) is 6.08 Å². The molecule has 0 rings (SSSR count). The molecule has 0 aliphatic rings. The summed E-state index contributed by atoms with van der Waals surface area (Å²) in [5.41, 5.74) is 5.03. The van der Waals surface area contributed by atoms with E-state index in [0.717, 1.165) is 31.7 Å². The molecule has 0 atom stereocenters. The lowest BCUT2D eigenvalue weighted by Crippen LogP contribution is -1.93. The monoisotopic (exact) mass is 261 g/mol. The lowest BCUT2D eigenvalue weighted by molar-refractivity contribution is 0.378. The van der Waals surface area contributed by atoms with Gasteiger partial charge >= 0.3 is 0 Å². The quantitative estimate of drug-likeness (QED) is 0.512. The molecular formula is C15H35NO2. The van der Waals surface area contributed by atoms with E-state index >= 15 is 0 Å². The molecule has 0 aliphatic heterocycles. The van der Waals surface area contributed by atoms with Crippen molar-refractivity contribution < 1.29 is 10.6 Å². The third kappa shape index (κ3) is 24.6. The Morgan fingerprint density at radius 3 is 2.06 bits per heavy atom. The third-order valence-corrected chi connectivity index (χ3v) is 2.59. The van der Waals surface area contributed by atoms with E-state index in [2.05, 4.69) is 20.8 Å². The second kappa shape index (κ2) is 18.8. The lowest BCUT2D eigenvalue weighted by atomic mass is 10.0. The van der Waals surface area contributed by atoms with Crippen molar-refractivity contribution in [2.45, 2.75) is 72.6 Å². The van der Waals surface area contributed by atoms with Crippen molar-refractivity contribution in [3.63, 3.8) is 0 Å². The summed E-state index contributed by atoms with van der Waals surface area (Å²) >= 11 is 0. The molecule has 5 N–H and O–H groups in total. The molecule has 0 aromatic carbocycles. The van der Waals surface area contributed by atoms with E-state index < -0.39 is 0 Å². The van der Waals surface area contributed by atoms with Gasteiger partial charge in [0.15, 0.2) is 0 Å². The Morgan fingerprint density at radius 1 is 1.17 bits per heavy atom. The molecule has 0 amide bonds. The van der Waals surface area contributed by atoms with Crippen LogP contribution in [0.2, 0.25) is 0 Å². The van der Waals surface area contributed by atoms with Crippen molar-refractivity contribution in [2.75, 3.05) is 6.54 Å². The van der Waals surface area contributed by atoms with Crippen LogP contribution in [-0.2, 0) is 0 Å². The Morgan fingerprint density at radius 2 is 1.67 bits per heavy atom. The molecule has 3 nitrogen and oxygen atoms in total. The zero-order chi connectivity index (χ0) is 13.5. The van der Waals surface area contributed by atoms with Crippen LogP contribution in [0.3, 0.4) is 0 Å². The number of unbranched alkanes of at least 4 members (excludes halogenated alkanes) is 3. The van der Waals surface area contributed by atoms with Crippen molar-refractivity contribution >= 4 is 0 Å². The van der Waals surface area contributed by atoms with Crippen LogP contribution in [-0.4, -0.2) is 17.1 Å². The zero-order valence-electron chi connectivity index (χ0n) is 12.8. The molecule has 0 spiro atoms. The zero-order valence-corrected chi connectivity index (χ0v) is 12.8. The van der Waals surface area contributed by atoms with Crippen molar-refractivity contribution in [3.8, 4) is 0 Å². The van der Waals surface area contributed by atoms with Crippen LogP contribution in [0.4, 0.5) is 0 Å². The molecule has 0 fully saturated rings. The van der Waals surface area contributed by atoms with Gasteiger partial charge in [-0.1, -0.05) is 46.5 Å². The summed E-state index contributed by atoms with van der Waals surface area (Å²) in [6.07, 6.45) is 10.1. The van der Waals surface area contributed by atoms with Crippen LogP contribution < -0.4 is 5.73 Å². The van der Waals surface area contributed by atoms with E-state index in [1.165, 1.54) is 25.7 Å². The predicted octanol–water partition coefficient (Wildman–Crippen LogP) is 3.98. The van der Waals surface area contributed by atoms with Gasteiger partial charge in [-0.25, -0.2) is 0 Å². The molecule has 0 bridgehead atoms. The Kier molecular flexibility index (Phi) is 23.6. The first-order valence-electron chi connectivity index (χ1n) is 7.12. The lowest BCUT2D eigenvalue weighted by Gasteiger charge is -2.03. The molecule has 0 aromatic rings. The minimum Gasteiger partial charge on any atom is -0.513 e. The Balaban J connectivity index is -0.000000392. The van der Waals surface area contributed by atoms with E-state index in [-0.39, 0.29) is 5.48 Å². The fourth-order valence-electron chi connectivity index (χ4n) is 1.36. The summed E-state index contributed by atoms with van der Waals surface area (Å²) in [6, 6.07) is 0. The number of nitrogens with two attached hydrogens (primary N) is 1. The van der Waals surface area contributed by atoms with Crippen LogP contribution in [0.1, 0.15) is 72.6 Å². The van der Waals surface area contributed by atoms with Gasteiger partial charge < -0.3 is 16.3 Å². The van der Waals surface area contributed by atoms with Gasteiger partial charge in [0.25, 0.3) is 0 Å². The van der Waals surface area contributed by atoms with Gasteiger partial charge in [-0.3, -0.25) is 0 Å². The number of aliphatic hydroxyl groups is 1. The first-order valence-corrected chi connectivity index (χ1v) is 7.12. The summed E-state index contributed by atoms with van der Waals surface area (Å²) in [4.78, 5) is 0. The van der Waals surface area contributed by atoms with Gasteiger partial charge in [0, 0.05) is 6.42 Å². The maximum Gasteiger partial charge on any atom is 0.0880 e. The average molecular weight is 261 g/mol. The van der Waals surface area contributed by atoms with E-state index in [4.69, 9.17) is 10.8 Å². The van der Waals surface area contributed by atoms with Crippen molar-refractivity contribution in [2.24, 2.45) is 11.7 Å². The number of rotatable bonds is 8. The van der Waals surface area contributed by atoms with Gasteiger partial charge in [0.2, 0.25) is 0 Å². The summed E-state index contributed by atoms with van der Waals surface area (Å²) in [5.74, 6) is 1.38. The number of aliphatic hydroxyl groups excluding tert-OH is 1. The number of hydrogen-bond donors (Lipinski definition) is 2. The molecule has 0 unspecified atom stereocenters. The fraction of sp³-hybridized carbons (Fsp3) is 0.867. The maximum atomic E-state index is 9.16. The normalized spacial score (nSPS) is 10.7. The van der Waals surface area contributed by atoms with Gasteiger partial charge in [0.05, 0.1) is 5.76 Å². The highest BCUT2D eigenvalue weighted by Crippen LogP contribution is 2.12. The molecule has 18 heavy (non-hydrogen) atoms. The summed E-state index contributed by atoms with van der Waals surface area (Å²) in [5, 5.41) is 9.16. The first kappa shape index (κ1) is 22.6. The van der Waals surface area contributed by atoms with Crippen LogP contribution in [0, 0.1) is 5.92 Å². The SMILES string of the molecule is CC=C(O)CCCCCCC(C)C.CCCN.O. The fourth-order valence-corrected chi connectivity index (χ4v) is 1.36. The molecule has 0 aliphatic carbocycles. The molecule has 0 radical (unpaired) electrons. The van der Waals surface area contributed by atoms with Crippen molar-refractivity contribution in [1.29, 1.82) is 0 Å². The Labute approximate surface area is 114 Å². The molecule has 0 saturated carbocycles. The van der Waals surface area contributed by atoms with Gasteiger partial charge in [-0.2, -0.15) is 0 Å². The van der Waals surface area contributed by atoms with Crippen LogP contribution in [0.5, 0.6) is 0 Å². The minimum atomic E-state index is 0. The number of hydrogen-bond acceptors (Lipinski definition) is 2. The van der Waals surface area contributed by atoms with E-state index in [0.29, 0.717) is 5.76 Å². The van der Waals surface area contributed by atoms with Gasteiger partial charge in [0.1, 0.15) is 0 Å². The van der Waals surface area contributed by atoms with Gasteiger partial charge in [-0.05, 0) is 38.3 Å². The molecule has 3 heteroatoms. The smallest absolute Gasteiger partial charge is 0.0880 e. The highest BCUT2D eigenvalue weighted by Gasteiger charge is 1.95. The molecule has 0 aromatic heterocycles. The molecular weight excluding hydrogens is 226 g/mol. The summed E-state index contributed by atoms with van der Waals surface area (Å²) in [7, 11) is 0. The standard InChI is InChI=1S/C12H24O.C3H9N.H2O/c1-4-12(13)10-8-6-5-7-9-11(2)3;1-2-3-4;/h4,11,13H,5-10H2,1-3H3;2-4H2,1H3;1H2. The van der Waals surface area contributed by atoms with E-state index in [1.807, 2.05) is 6.92 Å². The third-order valence-electron chi connectivity index (χ3n) is 2.59. The second-order valence-corrected chi connectivity index (χ2v) is 4.92. The van der Waals surface area contributed by atoms with Crippen LogP contribution >= 0.6 is 0 Å². The minimum absolute atomic E-state index is 0. The molecule has 0 saturated heterocycles. The second-order valence-electron chi connectivity index (χ2n) is 4.92. The number of allylic oxidation sites excluding steroid dienone is 2. The van der Waals surface area contributed by atoms with Crippen LogP contribution in [0.25, 0.3) is 0 Å². The topological polar surface area (TPSA) is 77.8 Å². The summed E-state index contributed by atoms with van der Waals surface area (Å²) < 4.78 is 0. The maximum absolute atomic E-state index is 9.16. The predicted molar refractivity (Wildman–Crippen MR) is 81.9 cm³/mol. The van der Waals surface area contributed by atoms with Crippen molar-refractivity contribution in [3.05, 3.63) is 11.8 Å². The molecule has 0 heterocycles.